The van der Waals surface area contributed by atoms with Gasteiger partial charge in [0, 0.05) is 25.7 Å². The van der Waals surface area contributed by atoms with Gasteiger partial charge in [-0.1, -0.05) is 6.07 Å². The zero-order chi connectivity index (χ0) is 14.7. The van der Waals surface area contributed by atoms with E-state index in [4.69, 9.17) is 0 Å². The van der Waals surface area contributed by atoms with Gasteiger partial charge in [0.05, 0.1) is 16.9 Å². The summed E-state index contributed by atoms with van der Waals surface area (Å²) >= 11 is 0. The zero-order valence-electron chi connectivity index (χ0n) is 12.6. The van der Waals surface area contributed by atoms with Gasteiger partial charge in [-0.15, -0.1) is 0 Å². The van der Waals surface area contributed by atoms with Gasteiger partial charge in [0.2, 0.25) is 0 Å². The molecule has 2 aliphatic rings. The van der Waals surface area contributed by atoms with Crippen molar-refractivity contribution >= 4 is 17.3 Å². The van der Waals surface area contributed by atoms with E-state index in [-0.39, 0.29) is 5.91 Å². The van der Waals surface area contributed by atoms with Crippen LogP contribution in [-0.4, -0.2) is 49.6 Å². The van der Waals surface area contributed by atoms with Crippen molar-refractivity contribution in [3.8, 4) is 0 Å². The Morgan fingerprint density at radius 1 is 1.29 bits per heavy atom. The van der Waals surface area contributed by atoms with Gasteiger partial charge >= 0.3 is 0 Å². The molecule has 1 atom stereocenters. The second kappa shape index (κ2) is 6.35. The first-order chi connectivity index (χ1) is 10.3. The summed E-state index contributed by atoms with van der Waals surface area (Å²) in [6.07, 6.45) is 2.56. The van der Waals surface area contributed by atoms with Crippen molar-refractivity contribution in [2.75, 3.05) is 43.4 Å². The molecule has 5 nitrogen and oxygen atoms in total. The lowest BCUT2D eigenvalue weighted by atomic mass is 10.1. The van der Waals surface area contributed by atoms with E-state index in [1.807, 2.05) is 18.2 Å². The molecular weight excluding hydrogens is 264 g/mol. The molecule has 21 heavy (non-hydrogen) atoms. The first-order valence-electron chi connectivity index (χ1n) is 7.89. The van der Waals surface area contributed by atoms with Crippen molar-refractivity contribution in [1.29, 1.82) is 0 Å². The minimum atomic E-state index is 0.00842. The molecule has 1 saturated heterocycles. The van der Waals surface area contributed by atoms with Crippen molar-refractivity contribution in [2.45, 2.75) is 25.8 Å². The lowest BCUT2D eigenvalue weighted by Gasteiger charge is -2.25. The number of carbonyl (C=O) groups is 1. The van der Waals surface area contributed by atoms with Crippen LogP contribution in [0.5, 0.6) is 0 Å². The fourth-order valence-corrected chi connectivity index (χ4v) is 3.11. The number of nitrogens with one attached hydrogen (secondary N) is 3. The summed E-state index contributed by atoms with van der Waals surface area (Å²) in [5.74, 6) is 0.00842. The van der Waals surface area contributed by atoms with E-state index in [9.17, 15) is 4.79 Å². The molecule has 0 bridgehead atoms. The molecule has 0 aliphatic carbocycles. The van der Waals surface area contributed by atoms with Crippen LogP contribution in [0.3, 0.4) is 0 Å². The van der Waals surface area contributed by atoms with E-state index in [1.54, 1.807) is 0 Å². The Bertz CT molecular complexity index is 511. The minimum absolute atomic E-state index is 0.00842. The second-order valence-electron chi connectivity index (χ2n) is 5.88. The van der Waals surface area contributed by atoms with Crippen LogP contribution in [0.15, 0.2) is 18.2 Å². The first kappa shape index (κ1) is 14.2. The number of hydrogen-bond donors (Lipinski definition) is 3. The third kappa shape index (κ3) is 3.13. The van der Waals surface area contributed by atoms with Crippen LogP contribution in [0.2, 0.25) is 0 Å². The standard InChI is InChI=1S/C16H24N4O/c1-12(20-9-2-3-10-20)11-19-16(21)13-5-4-6-14-15(13)18-8-7-17-14/h4-6,12,17-18H,2-3,7-11H2,1H3,(H,19,21). The molecule has 5 heteroatoms. The van der Waals surface area contributed by atoms with Gasteiger partial charge in [0.25, 0.3) is 5.91 Å². The number of likely N-dealkylation sites (tertiary alicyclic amines) is 1. The van der Waals surface area contributed by atoms with Gasteiger partial charge in [-0.3, -0.25) is 9.69 Å². The molecule has 0 spiro atoms. The average Bonchev–Trinajstić information content (AvgIpc) is 3.06. The van der Waals surface area contributed by atoms with Gasteiger partial charge in [-0.05, 0) is 45.0 Å². The second-order valence-corrected chi connectivity index (χ2v) is 5.88. The summed E-state index contributed by atoms with van der Waals surface area (Å²) in [5.41, 5.74) is 2.67. The predicted molar refractivity (Wildman–Crippen MR) is 86.0 cm³/mol. The monoisotopic (exact) mass is 288 g/mol. The molecule has 2 aliphatic heterocycles. The highest BCUT2D eigenvalue weighted by Crippen LogP contribution is 2.28. The molecule has 0 aromatic heterocycles. The van der Waals surface area contributed by atoms with Crippen LogP contribution in [0.25, 0.3) is 0 Å². The summed E-state index contributed by atoms with van der Waals surface area (Å²) in [4.78, 5) is 14.9. The maximum atomic E-state index is 12.4. The average molecular weight is 288 g/mol. The molecule has 1 amide bonds. The van der Waals surface area contributed by atoms with Crippen LogP contribution in [0, 0.1) is 0 Å². The number of fused-ring (bicyclic) bond motifs is 1. The fourth-order valence-electron chi connectivity index (χ4n) is 3.11. The van der Waals surface area contributed by atoms with E-state index >= 15 is 0 Å². The van der Waals surface area contributed by atoms with Gasteiger partial charge in [0.15, 0.2) is 0 Å². The molecule has 114 valence electrons. The molecule has 2 heterocycles. The predicted octanol–water partition coefficient (Wildman–Crippen LogP) is 1.74. The number of nitrogens with zero attached hydrogens (tertiary/aromatic N) is 1. The van der Waals surface area contributed by atoms with Crippen molar-refractivity contribution in [3.05, 3.63) is 23.8 Å². The summed E-state index contributed by atoms with van der Waals surface area (Å²) in [6.45, 7) is 6.94. The smallest absolute Gasteiger partial charge is 0.253 e. The first-order valence-corrected chi connectivity index (χ1v) is 7.89. The highest BCUT2D eigenvalue weighted by atomic mass is 16.1. The summed E-state index contributed by atoms with van der Waals surface area (Å²) < 4.78 is 0. The molecule has 3 N–H and O–H groups in total. The topological polar surface area (TPSA) is 56.4 Å². The van der Waals surface area contributed by atoms with E-state index in [2.05, 4.69) is 27.8 Å². The van der Waals surface area contributed by atoms with E-state index in [0.717, 1.165) is 43.1 Å². The Morgan fingerprint density at radius 2 is 2.05 bits per heavy atom. The quantitative estimate of drug-likeness (QED) is 0.790. The molecule has 1 aromatic carbocycles. The van der Waals surface area contributed by atoms with Crippen LogP contribution in [0.1, 0.15) is 30.1 Å². The molecule has 0 radical (unpaired) electrons. The molecule has 1 fully saturated rings. The third-order valence-electron chi connectivity index (χ3n) is 4.37. The van der Waals surface area contributed by atoms with Crippen molar-refractivity contribution in [1.82, 2.24) is 10.2 Å². The Balaban J connectivity index is 1.63. The van der Waals surface area contributed by atoms with Crippen LogP contribution >= 0.6 is 0 Å². The fraction of sp³-hybridized carbons (Fsp3) is 0.562. The highest BCUT2D eigenvalue weighted by Gasteiger charge is 2.20. The summed E-state index contributed by atoms with van der Waals surface area (Å²) in [5, 5.41) is 9.72. The van der Waals surface area contributed by atoms with Gasteiger partial charge in [-0.2, -0.15) is 0 Å². The maximum Gasteiger partial charge on any atom is 0.253 e. The van der Waals surface area contributed by atoms with Crippen molar-refractivity contribution in [3.63, 3.8) is 0 Å². The van der Waals surface area contributed by atoms with Gasteiger partial charge in [0.1, 0.15) is 0 Å². The van der Waals surface area contributed by atoms with Gasteiger partial charge in [-0.25, -0.2) is 0 Å². The van der Waals surface area contributed by atoms with Crippen LogP contribution < -0.4 is 16.0 Å². The molecule has 1 unspecified atom stereocenters. The van der Waals surface area contributed by atoms with E-state index in [1.165, 1.54) is 12.8 Å². The number of hydrogen-bond acceptors (Lipinski definition) is 4. The Labute approximate surface area is 126 Å². The van der Waals surface area contributed by atoms with Crippen molar-refractivity contribution in [2.24, 2.45) is 0 Å². The lowest BCUT2D eigenvalue weighted by molar-refractivity contribution is 0.0941. The summed E-state index contributed by atoms with van der Waals surface area (Å²) in [6, 6.07) is 6.22. The number of carbonyl (C=O) groups excluding carboxylic acids is 1. The SMILES string of the molecule is CC(CNC(=O)c1cccc2c1NCCN2)N1CCCC1. The van der Waals surface area contributed by atoms with E-state index < -0.39 is 0 Å². The highest BCUT2D eigenvalue weighted by molar-refractivity contribution is 6.02. The molecule has 3 rings (SSSR count). The summed E-state index contributed by atoms with van der Waals surface area (Å²) in [7, 11) is 0. The number of benzene rings is 1. The third-order valence-corrected chi connectivity index (χ3v) is 4.37. The van der Waals surface area contributed by atoms with Gasteiger partial charge < -0.3 is 16.0 Å². The molecule has 1 aromatic rings. The minimum Gasteiger partial charge on any atom is -0.382 e. The molecular formula is C16H24N4O. The van der Waals surface area contributed by atoms with Crippen LogP contribution in [0.4, 0.5) is 11.4 Å². The number of para-hydroxylation sites is 1. The largest absolute Gasteiger partial charge is 0.382 e. The van der Waals surface area contributed by atoms with Crippen LogP contribution in [-0.2, 0) is 0 Å². The van der Waals surface area contributed by atoms with Crippen molar-refractivity contribution < 1.29 is 4.79 Å². The normalized spacial score (nSPS) is 19.3. The number of amides is 1. The Hall–Kier alpha value is -1.75. The zero-order valence-corrected chi connectivity index (χ0v) is 12.6. The van der Waals surface area contributed by atoms with E-state index in [0.29, 0.717) is 12.6 Å². The number of rotatable bonds is 4. The Kier molecular flexibility index (Phi) is 4.29. The molecule has 0 saturated carbocycles. The number of anilines is 2. The lowest BCUT2D eigenvalue weighted by Crippen LogP contribution is -2.41. The Morgan fingerprint density at radius 3 is 2.86 bits per heavy atom. The maximum absolute atomic E-state index is 12.4.